The first-order chi connectivity index (χ1) is 8.63. The van der Waals surface area contributed by atoms with Crippen LogP contribution in [0.1, 0.15) is 5.56 Å². The van der Waals surface area contributed by atoms with Gasteiger partial charge in [-0.05, 0) is 42.0 Å². The molecule has 2 aromatic rings. The highest BCUT2D eigenvalue weighted by Crippen LogP contribution is 2.33. The molecule has 0 spiro atoms. The Kier molecular flexibility index (Phi) is 3.76. The summed E-state index contributed by atoms with van der Waals surface area (Å²) in [6, 6.07) is 12.5. The number of hydrogen-bond donors (Lipinski definition) is 0. The quantitative estimate of drug-likeness (QED) is 0.807. The van der Waals surface area contributed by atoms with Crippen molar-refractivity contribution in [2.45, 2.75) is 0 Å². The van der Waals surface area contributed by atoms with Crippen LogP contribution in [-0.4, -0.2) is 7.11 Å². The lowest BCUT2D eigenvalue weighted by Gasteiger charge is -2.08. The van der Waals surface area contributed by atoms with E-state index in [9.17, 15) is 0 Å². The number of rotatable bonds is 2. The summed E-state index contributed by atoms with van der Waals surface area (Å²) in [7, 11) is 1.56. The standard InChI is InChI=1S/C14H9Cl2NO/c1-18-12-5-9(8-17)4-10(6-12)13-7-11(15)2-3-14(13)16/h2-7H,1H3. The molecule has 0 atom stereocenters. The lowest BCUT2D eigenvalue weighted by molar-refractivity contribution is 0.415. The van der Waals surface area contributed by atoms with Gasteiger partial charge in [-0.1, -0.05) is 23.2 Å². The van der Waals surface area contributed by atoms with Gasteiger partial charge < -0.3 is 4.74 Å². The lowest BCUT2D eigenvalue weighted by atomic mass is 10.0. The Balaban J connectivity index is 2.63. The first-order valence-electron chi connectivity index (χ1n) is 5.18. The molecule has 0 saturated heterocycles. The molecule has 0 unspecified atom stereocenters. The molecule has 18 heavy (non-hydrogen) atoms. The minimum absolute atomic E-state index is 0.514. The monoisotopic (exact) mass is 277 g/mol. The van der Waals surface area contributed by atoms with Crippen LogP contribution in [0.25, 0.3) is 11.1 Å². The van der Waals surface area contributed by atoms with E-state index in [-0.39, 0.29) is 0 Å². The average molecular weight is 278 g/mol. The van der Waals surface area contributed by atoms with Crippen LogP contribution in [0.2, 0.25) is 10.0 Å². The number of ether oxygens (including phenoxy) is 1. The van der Waals surface area contributed by atoms with E-state index in [0.717, 1.165) is 11.1 Å². The maximum atomic E-state index is 8.99. The van der Waals surface area contributed by atoms with Crippen molar-refractivity contribution in [1.82, 2.24) is 0 Å². The van der Waals surface area contributed by atoms with Gasteiger partial charge in [0.15, 0.2) is 0 Å². The Morgan fingerprint density at radius 1 is 1.11 bits per heavy atom. The van der Waals surface area contributed by atoms with E-state index >= 15 is 0 Å². The smallest absolute Gasteiger partial charge is 0.120 e. The zero-order valence-corrected chi connectivity index (χ0v) is 11.1. The second-order valence-electron chi connectivity index (χ2n) is 3.69. The maximum Gasteiger partial charge on any atom is 0.120 e. The van der Waals surface area contributed by atoms with Crippen LogP contribution < -0.4 is 4.74 Å². The number of methoxy groups -OCH3 is 1. The average Bonchev–Trinajstić information content (AvgIpc) is 2.40. The second-order valence-corrected chi connectivity index (χ2v) is 4.53. The Labute approximate surface area is 115 Å². The summed E-state index contributed by atoms with van der Waals surface area (Å²) in [5, 5.41) is 10.2. The molecule has 0 aromatic heterocycles. The fourth-order valence-corrected chi connectivity index (χ4v) is 2.05. The lowest BCUT2D eigenvalue weighted by Crippen LogP contribution is -1.87. The van der Waals surface area contributed by atoms with Crippen LogP contribution in [-0.2, 0) is 0 Å². The molecule has 0 bridgehead atoms. The van der Waals surface area contributed by atoms with Crippen molar-refractivity contribution in [3.63, 3.8) is 0 Å². The maximum absolute atomic E-state index is 8.99. The van der Waals surface area contributed by atoms with Crippen molar-refractivity contribution >= 4 is 23.2 Å². The van der Waals surface area contributed by atoms with E-state index in [1.165, 1.54) is 0 Å². The van der Waals surface area contributed by atoms with E-state index < -0.39 is 0 Å². The summed E-state index contributed by atoms with van der Waals surface area (Å²) in [5.41, 5.74) is 2.10. The van der Waals surface area contributed by atoms with Crippen LogP contribution in [0, 0.1) is 11.3 Å². The van der Waals surface area contributed by atoms with E-state index in [2.05, 4.69) is 6.07 Å². The molecule has 0 fully saturated rings. The Bertz CT molecular complexity index is 632. The van der Waals surface area contributed by atoms with Gasteiger partial charge in [-0.25, -0.2) is 0 Å². The zero-order valence-electron chi connectivity index (χ0n) is 9.58. The Morgan fingerprint density at radius 2 is 1.89 bits per heavy atom. The third-order valence-electron chi connectivity index (χ3n) is 2.51. The molecular formula is C14H9Cl2NO. The molecule has 0 amide bonds. The Morgan fingerprint density at radius 3 is 2.56 bits per heavy atom. The third kappa shape index (κ3) is 2.59. The number of benzene rings is 2. The normalized spacial score (nSPS) is 9.89. The first kappa shape index (κ1) is 12.8. The molecule has 2 nitrogen and oxygen atoms in total. The predicted molar refractivity (Wildman–Crippen MR) is 73.2 cm³/mol. The fraction of sp³-hybridized carbons (Fsp3) is 0.0714. The van der Waals surface area contributed by atoms with Crippen LogP contribution in [0.4, 0.5) is 0 Å². The van der Waals surface area contributed by atoms with Crippen molar-refractivity contribution in [2.24, 2.45) is 0 Å². The summed E-state index contributed by atoms with van der Waals surface area (Å²) in [6.45, 7) is 0. The second kappa shape index (κ2) is 5.30. The topological polar surface area (TPSA) is 33.0 Å². The van der Waals surface area contributed by atoms with Crippen molar-refractivity contribution in [3.8, 4) is 22.9 Å². The molecule has 2 rings (SSSR count). The van der Waals surface area contributed by atoms with Crippen molar-refractivity contribution in [1.29, 1.82) is 5.26 Å². The summed E-state index contributed by atoms with van der Waals surface area (Å²) in [4.78, 5) is 0. The predicted octanol–water partition coefficient (Wildman–Crippen LogP) is 4.54. The summed E-state index contributed by atoms with van der Waals surface area (Å²) in [5.74, 6) is 0.611. The number of nitriles is 1. The van der Waals surface area contributed by atoms with Crippen LogP contribution in [0.5, 0.6) is 5.75 Å². The van der Waals surface area contributed by atoms with Crippen molar-refractivity contribution in [3.05, 3.63) is 52.0 Å². The SMILES string of the molecule is COc1cc(C#N)cc(-c2cc(Cl)ccc2Cl)c1. The van der Waals surface area contributed by atoms with E-state index in [1.807, 2.05) is 6.07 Å². The minimum Gasteiger partial charge on any atom is -0.497 e. The van der Waals surface area contributed by atoms with E-state index in [4.69, 9.17) is 33.2 Å². The molecule has 0 aliphatic carbocycles. The largest absolute Gasteiger partial charge is 0.497 e. The van der Waals surface area contributed by atoms with Gasteiger partial charge in [0.1, 0.15) is 5.75 Å². The number of nitrogens with zero attached hydrogens (tertiary/aromatic N) is 1. The third-order valence-corrected chi connectivity index (χ3v) is 3.08. The molecule has 0 aliphatic rings. The van der Waals surface area contributed by atoms with Crippen molar-refractivity contribution in [2.75, 3.05) is 7.11 Å². The summed E-state index contributed by atoms with van der Waals surface area (Å²) < 4.78 is 5.16. The number of halogens is 2. The van der Waals surface area contributed by atoms with Gasteiger partial charge >= 0.3 is 0 Å². The fourth-order valence-electron chi connectivity index (χ4n) is 1.66. The van der Waals surface area contributed by atoms with Gasteiger partial charge in [0.05, 0.1) is 18.7 Å². The molecular weight excluding hydrogens is 269 g/mol. The highest BCUT2D eigenvalue weighted by Gasteiger charge is 2.08. The van der Waals surface area contributed by atoms with Gasteiger partial charge in [0.25, 0.3) is 0 Å². The Hall–Kier alpha value is -1.69. The van der Waals surface area contributed by atoms with Crippen LogP contribution >= 0.6 is 23.2 Å². The molecule has 2 aromatic carbocycles. The highest BCUT2D eigenvalue weighted by atomic mass is 35.5. The van der Waals surface area contributed by atoms with Gasteiger partial charge in [0, 0.05) is 15.6 Å². The van der Waals surface area contributed by atoms with Gasteiger partial charge in [-0.2, -0.15) is 5.26 Å². The number of hydrogen-bond acceptors (Lipinski definition) is 2. The molecule has 90 valence electrons. The molecule has 0 N–H and O–H groups in total. The minimum atomic E-state index is 0.514. The van der Waals surface area contributed by atoms with Crippen LogP contribution in [0.15, 0.2) is 36.4 Å². The summed E-state index contributed by atoms with van der Waals surface area (Å²) >= 11 is 12.1. The highest BCUT2D eigenvalue weighted by molar-refractivity contribution is 6.35. The first-order valence-corrected chi connectivity index (χ1v) is 5.94. The van der Waals surface area contributed by atoms with Gasteiger partial charge in [0.2, 0.25) is 0 Å². The van der Waals surface area contributed by atoms with Crippen LogP contribution in [0.3, 0.4) is 0 Å². The van der Waals surface area contributed by atoms with E-state index in [1.54, 1.807) is 37.4 Å². The van der Waals surface area contributed by atoms with Gasteiger partial charge in [-0.15, -0.1) is 0 Å². The molecule has 4 heteroatoms. The van der Waals surface area contributed by atoms with E-state index in [0.29, 0.717) is 21.4 Å². The van der Waals surface area contributed by atoms with Crippen molar-refractivity contribution < 1.29 is 4.74 Å². The summed E-state index contributed by atoms with van der Waals surface area (Å²) in [6.07, 6.45) is 0. The molecule has 0 heterocycles. The van der Waals surface area contributed by atoms with Gasteiger partial charge in [-0.3, -0.25) is 0 Å². The molecule has 0 aliphatic heterocycles. The molecule has 0 saturated carbocycles. The zero-order chi connectivity index (χ0) is 13.1. The molecule has 0 radical (unpaired) electrons.